The summed E-state index contributed by atoms with van der Waals surface area (Å²) in [5.74, 6) is -5.76. The second-order valence-electron chi connectivity index (χ2n) is 11.6. The van der Waals surface area contributed by atoms with Crippen LogP contribution in [0.2, 0.25) is 0 Å². The Morgan fingerprint density at radius 3 is 1.62 bits per heavy atom. The molecule has 3 rings (SSSR count). The van der Waals surface area contributed by atoms with Crippen LogP contribution in [0.4, 0.5) is 0 Å². The molecule has 0 bridgehead atoms. The summed E-state index contributed by atoms with van der Waals surface area (Å²) in [6.45, 7) is 0.343. The van der Waals surface area contributed by atoms with E-state index < -0.39 is 70.7 Å². The number of aliphatic carboxylic acids is 1. The van der Waals surface area contributed by atoms with Crippen molar-refractivity contribution in [3.05, 3.63) is 83.4 Å². The van der Waals surface area contributed by atoms with Crippen LogP contribution in [0, 0.1) is 0 Å². The Balaban J connectivity index is 1.54. The maximum absolute atomic E-state index is 13.3. The Hall–Kier alpha value is -5.83. The largest absolute Gasteiger partial charge is 0.504 e. The van der Waals surface area contributed by atoms with E-state index in [0.29, 0.717) is 31.2 Å². The van der Waals surface area contributed by atoms with Crippen LogP contribution in [0.3, 0.4) is 0 Å². The molecule has 0 aliphatic rings. The number of carbonyl (C=O) groups is 5. The molecule has 50 heavy (non-hydrogen) atoms. The monoisotopic (exact) mass is 693 g/mol. The van der Waals surface area contributed by atoms with Crippen molar-refractivity contribution < 1.29 is 49.5 Å². The minimum Gasteiger partial charge on any atom is -0.504 e. The first-order valence-corrected chi connectivity index (χ1v) is 16.1. The number of carboxylic acids is 1. The van der Waals surface area contributed by atoms with Gasteiger partial charge in [0.15, 0.2) is 23.0 Å². The number of carbonyl (C=O) groups excluding carboxylic acids is 4. The highest BCUT2D eigenvalue weighted by Crippen LogP contribution is 2.28. The number of benzene rings is 3. The van der Waals surface area contributed by atoms with Gasteiger partial charge in [0.2, 0.25) is 11.8 Å². The van der Waals surface area contributed by atoms with E-state index in [2.05, 4.69) is 21.3 Å². The Morgan fingerprint density at radius 2 is 1.10 bits per heavy atom. The van der Waals surface area contributed by atoms with Crippen molar-refractivity contribution in [2.24, 2.45) is 5.73 Å². The number of phenols is 4. The number of rotatable bonds is 19. The maximum Gasteiger partial charge on any atom is 0.326 e. The fourth-order valence-electron chi connectivity index (χ4n) is 4.99. The Kier molecular flexibility index (Phi) is 14.9. The molecule has 0 radical (unpaired) electrons. The predicted octanol–water partition coefficient (Wildman–Crippen LogP) is 1.63. The van der Waals surface area contributed by atoms with Gasteiger partial charge in [0.25, 0.3) is 11.8 Å². The van der Waals surface area contributed by atoms with Gasteiger partial charge in [-0.2, -0.15) is 0 Å². The average molecular weight is 694 g/mol. The van der Waals surface area contributed by atoms with Crippen molar-refractivity contribution in [2.75, 3.05) is 13.1 Å². The lowest BCUT2D eigenvalue weighted by atomic mass is 10.0. The highest BCUT2D eigenvalue weighted by molar-refractivity contribution is 5.98. The van der Waals surface area contributed by atoms with Gasteiger partial charge in [0.05, 0.1) is 17.2 Å². The van der Waals surface area contributed by atoms with E-state index in [1.165, 1.54) is 36.4 Å². The lowest BCUT2D eigenvalue weighted by Gasteiger charge is -2.23. The predicted molar refractivity (Wildman–Crippen MR) is 182 cm³/mol. The molecule has 3 aromatic rings. The fourth-order valence-corrected chi connectivity index (χ4v) is 4.99. The van der Waals surface area contributed by atoms with Gasteiger partial charge >= 0.3 is 5.97 Å². The lowest BCUT2D eigenvalue weighted by molar-refractivity contribution is -0.142. The van der Waals surface area contributed by atoms with Crippen LogP contribution in [0.1, 0.15) is 64.8 Å². The summed E-state index contributed by atoms with van der Waals surface area (Å²) in [5, 5.41) is 59.1. The molecule has 0 fully saturated rings. The van der Waals surface area contributed by atoms with Gasteiger partial charge in [-0.15, -0.1) is 0 Å². The maximum atomic E-state index is 13.3. The number of aromatic hydroxyl groups is 4. The molecule has 0 spiro atoms. The Bertz CT molecular complexity index is 1640. The number of nitrogens with one attached hydrogen (secondary N) is 4. The molecule has 0 unspecified atom stereocenters. The van der Waals surface area contributed by atoms with Crippen molar-refractivity contribution in [1.82, 2.24) is 21.3 Å². The molecule has 0 aromatic heterocycles. The minimum absolute atomic E-state index is 0.0115. The van der Waals surface area contributed by atoms with Crippen LogP contribution in [0.15, 0.2) is 66.7 Å². The van der Waals surface area contributed by atoms with Gasteiger partial charge in [0.1, 0.15) is 12.1 Å². The topological polar surface area (TPSA) is 261 Å². The molecule has 268 valence electrons. The van der Waals surface area contributed by atoms with Gasteiger partial charge in [-0.25, -0.2) is 4.79 Å². The lowest BCUT2D eigenvalue weighted by Crippen LogP contribution is -2.54. The van der Waals surface area contributed by atoms with Gasteiger partial charge in [-0.3, -0.25) is 19.2 Å². The number of phenolic OH excluding ortho intramolecular Hbond substituents is 4. The van der Waals surface area contributed by atoms with Crippen LogP contribution in [-0.2, 0) is 20.8 Å². The first kappa shape index (κ1) is 38.6. The summed E-state index contributed by atoms with van der Waals surface area (Å²) in [4.78, 5) is 63.1. The molecule has 0 aliphatic heterocycles. The molecule has 0 aliphatic carbocycles. The summed E-state index contributed by atoms with van der Waals surface area (Å²) < 4.78 is 0. The molecule has 0 heterocycles. The number of carboxylic acid groups (broad SMARTS) is 1. The molecule has 3 atom stereocenters. The molecule has 3 aromatic carbocycles. The standard InChI is InChI=1S/C35H43N5O10/c36-24(14-4-6-18-37-31(45)22-12-8-16-27(41)29(22)43)33(47)39-25(34(48)40-26(35(49)50)20-21-10-2-1-3-11-21)15-5-7-19-38-32(46)23-13-9-17-28(42)30(23)44/h1-3,8-13,16-17,24-26,41-44H,4-7,14-15,18-20,36H2,(H,37,45)(H,38,46)(H,39,47)(H,40,48)(H,49,50)/t24-,25-,26+/m0/s1. The van der Waals surface area contributed by atoms with Crippen molar-refractivity contribution in [1.29, 1.82) is 0 Å². The highest BCUT2D eigenvalue weighted by Gasteiger charge is 2.28. The summed E-state index contributed by atoms with van der Waals surface area (Å²) >= 11 is 0. The van der Waals surface area contributed by atoms with Crippen molar-refractivity contribution in [3.8, 4) is 23.0 Å². The van der Waals surface area contributed by atoms with Gasteiger partial charge < -0.3 is 52.5 Å². The van der Waals surface area contributed by atoms with Crippen LogP contribution in [0.25, 0.3) is 0 Å². The number of hydrogen-bond donors (Lipinski definition) is 10. The number of nitrogens with two attached hydrogens (primary N) is 1. The summed E-state index contributed by atoms with van der Waals surface area (Å²) in [6.07, 6.45) is 1.83. The number of hydrogen-bond acceptors (Lipinski definition) is 10. The molecule has 15 heteroatoms. The highest BCUT2D eigenvalue weighted by atomic mass is 16.4. The van der Waals surface area contributed by atoms with Crippen LogP contribution in [-0.4, -0.2) is 86.3 Å². The van der Waals surface area contributed by atoms with Crippen LogP contribution < -0.4 is 27.0 Å². The molecule has 0 saturated heterocycles. The van der Waals surface area contributed by atoms with Crippen molar-refractivity contribution in [3.63, 3.8) is 0 Å². The molecule has 15 nitrogen and oxygen atoms in total. The molecular formula is C35H43N5O10. The number of amides is 4. The average Bonchev–Trinajstić information content (AvgIpc) is 3.09. The van der Waals surface area contributed by atoms with Crippen molar-refractivity contribution >= 4 is 29.6 Å². The Labute approximate surface area is 288 Å². The number of para-hydroxylation sites is 2. The summed E-state index contributed by atoms with van der Waals surface area (Å²) in [6, 6.07) is 13.3. The summed E-state index contributed by atoms with van der Waals surface area (Å²) in [5.41, 5.74) is 6.59. The second-order valence-corrected chi connectivity index (χ2v) is 11.6. The molecule has 11 N–H and O–H groups in total. The van der Waals surface area contributed by atoms with Crippen molar-refractivity contribution in [2.45, 2.75) is 63.1 Å². The molecule has 0 saturated carbocycles. The number of unbranched alkanes of at least 4 members (excludes halogenated alkanes) is 2. The first-order valence-electron chi connectivity index (χ1n) is 16.1. The quantitative estimate of drug-likeness (QED) is 0.0637. The van der Waals surface area contributed by atoms with E-state index in [1.54, 1.807) is 30.3 Å². The zero-order valence-electron chi connectivity index (χ0n) is 27.3. The van der Waals surface area contributed by atoms with E-state index in [0.717, 1.165) is 0 Å². The normalized spacial score (nSPS) is 12.6. The van der Waals surface area contributed by atoms with Crippen LogP contribution >= 0.6 is 0 Å². The van der Waals surface area contributed by atoms with E-state index in [9.17, 15) is 49.5 Å². The third kappa shape index (κ3) is 11.7. The Morgan fingerprint density at radius 1 is 0.600 bits per heavy atom. The van der Waals surface area contributed by atoms with E-state index in [1.807, 2.05) is 0 Å². The molecular weight excluding hydrogens is 650 g/mol. The van der Waals surface area contributed by atoms with E-state index in [4.69, 9.17) is 5.73 Å². The van der Waals surface area contributed by atoms with Gasteiger partial charge in [-0.05, 0) is 68.4 Å². The molecule has 4 amide bonds. The second kappa shape index (κ2) is 19.2. The zero-order valence-corrected chi connectivity index (χ0v) is 27.3. The third-order valence-corrected chi connectivity index (χ3v) is 7.82. The first-order chi connectivity index (χ1) is 23.9. The summed E-state index contributed by atoms with van der Waals surface area (Å²) in [7, 11) is 0. The SMILES string of the molecule is N[C@@H](CCCCNC(=O)c1cccc(O)c1O)C(=O)N[C@@H](CCCCNC(=O)c1cccc(O)c1O)C(=O)N[C@H](Cc1ccccc1)C(=O)O. The third-order valence-electron chi connectivity index (χ3n) is 7.82. The smallest absolute Gasteiger partial charge is 0.326 e. The fraction of sp³-hybridized carbons (Fsp3) is 0.343. The van der Waals surface area contributed by atoms with Gasteiger partial charge in [0, 0.05) is 19.5 Å². The van der Waals surface area contributed by atoms with E-state index >= 15 is 0 Å². The zero-order chi connectivity index (χ0) is 36.6. The van der Waals surface area contributed by atoms with E-state index in [-0.39, 0.29) is 43.5 Å². The minimum atomic E-state index is -1.27. The van der Waals surface area contributed by atoms with Gasteiger partial charge in [-0.1, -0.05) is 42.5 Å². The van der Waals surface area contributed by atoms with Crippen LogP contribution in [0.5, 0.6) is 23.0 Å².